The van der Waals surface area contributed by atoms with E-state index < -0.39 is 5.97 Å². The number of aromatic carboxylic acids is 1. The lowest BCUT2D eigenvalue weighted by atomic mass is 10.2. The molecule has 0 radical (unpaired) electrons. The van der Waals surface area contributed by atoms with Crippen molar-refractivity contribution in [2.75, 3.05) is 0 Å². The molecule has 17 heavy (non-hydrogen) atoms. The number of aromatic nitrogens is 2. The molecule has 5 heteroatoms. The largest absolute Gasteiger partial charge is 0.478 e. The second-order valence-electron chi connectivity index (χ2n) is 4.31. The van der Waals surface area contributed by atoms with Crippen LogP contribution in [0.15, 0.2) is 23.0 Å². The molecule has 90 valence electrons. The van der Waals surface area contributed by atoms with Crippen molar-refractivity contribution in [3.8, 4) is 0 Å². The van der Waals surface area contributed by atoms with Crippen LogP contribution in [0.3, 0.4) is 0 Å². The second kappa shape index (κ2) is 3.76. The Morgan fingerprint density at radius 3 is 2.47 bits per heavy atom. The Bertz CT molecular complexity index is 650. The van der Waals surface area contributed by atoms with Crippen molar-refractivity contribution in [1.82, 2.24) is 9.13 Å². The van der Waals surface area contributed by atoms with E-state index in [1.54, 1.807) is 23.7 Å². The third kappa shape index (κ3) is 1.63. The Morgan fingerprint density at radius 1 is 1.29 bits per heavy atom. The Labute approximate surface area is 97.9 Å². The number of benzene rings is 1. The lowest BCUT2D eigenvalue weighted by molar-refractivity contribution is 0.0697. The fourth-order valence-electron chi connectivity index (χ4n) is 2.00. The number of aryl methyl sites for hydroxylation is 1. The summed E-state index contributed by atoms with van der Waals surface area (Å²) in [5, 5.41) is 8.96. The Balaban J connectivity index is 2.88. The first-order valence-electron chi connectivity index (χ1n) is 5.37. The highest BCUT2D eigenvalue weighted by atomic mass is 16.4. The van der Waals surface area contributed by atoms with Gasteiger partial charge in [-0.05, 0) is 32.0 Å². The quantitative estimate of drug-likeness (QED) is 0.858. The highest BCUT2D eigenvalue weighted by Crippen LogP contribution is 2.18. The van der Waals surface area contributed by atoms with Crippen LogP contribution in [0, 0.1) is 0 Å². The van der Waals surface area contributed by atoms with E-state index in [4.69, 9.17) is 5.11 Å². The molecule has 0 bridgehead atoms. The van der Waals surface area contributed by atoms with Crippen molar-refractivity contribution < 1.29 is 9.90 Å². The molecule has 2 rings (SSSR count). The van der Waals surface area contributed by atoms with Gasteiger partial charge in [-0.25, -0.2) is 9.59 Å². The van der Waals surface area contributed by atoms with Gasteiger partial charge in [0.1, 0.15) is 0 Å². The number of imidazole rings is 1. The summed E-state index contributed by atoms with van der Waals surface area (Å²) in [6.07, 6.45) is 0. The molecule has 0 saturated heterocycles. The number of rotatable bonds is 2. The molecule has 0 unspecified atom stereocenters. The van der Waals surface area contributed by atoms with E-state index in [1.807, 2.05) is 13.8 Å². The van der Waals surface area contributed by atoms with E-state index in [1.165, 1.54) is 10.6 Å². The average molecular weight is 234 g/mol. The predicted octanol–water partition coefficient (Wildman–Crippen LogP) is 1.62. The summed E-state index contributed by atoms with van der Waals surface area (Å²) >= 11 is 0. The van der Waals surface area contributed by atoms with E-state index in [0.717, 1.165) is 5.52 Å². The number of hydrogen-bond donors (Lipinski definition) is 1. The van der Waals surface area contributed by atoms with Gasteiger partial charge >= 0.3 is 11.7 Å². The number of carboxylic acid groups (broad SMARTS) is 1. The van der Waals surface area contributed by atoms with Crippen LogP contribution in [0.2, 0.25) is 0 Å². The molecular weight excluding hydrogens is 220 g/mol. The summed E-state index contributed by atoms with van der Waals surface area (Å²) in [6.45, 7) is 3.79. The zero-order chi connectivity index (χ0) is 12.7. The maximum atomic E-state index is 12.0. The minimum atomic E-state index is -0.987. The van der Waals surface area contributed by atoms with E-state index >= 15 is 0 Å². The maximum absolute atomic E-state index is 12.0. The van der Waals surface area contributed by atoms with Crippen LogP contribution in [0.5, 0.6) is 0 Å². The summed E-state index contributed by atoms with van der Waals surface area (Å²) in [5.41, 5.74) is 1.47. The van der Waals surface area contributed by atoms with Crippen LogP contribution in [0.1, 0.15) is 30.2 Å². The molecule has 0 amide bonds. The van der Waals surface area contributed by atoms with Gasteiger partial charge in [0.15, 0.2) is 0 Å². The first kappa shape index (κ1) is 11.4. The monoisotopic (exact) mass is 234 g/mol. The average Bonchev–Trinajstić information content (AvgIpc) is 2.51. The highest BCUT2D eigenvalue weighted by molar-refractivity contribution is 5.92. The lowest BCUT2D eigenvalue weighted by Crippen LogP contribution is -2.23. The molecule has 5 nitrogen and oxygen atoms in total. The topological polar surface area (TPSA) is 64.2 Å². The minimum Gasteiger partial charge on any atom is -0.478 e. The van der Waals surface area contributed by atoms with Crippen LogP contribution >= 0.6 is 0 Å². The van der Waals surface area contributed by atoms with Crippen molar-refractivity contribution in [2.45, 2.75) is 19.9 Å². The summed E-state index contributed by atoms with van der Waals surface area (Å²) in [7, 11) is 1.68. The van der Waals surface area contributed by atoms with Gasteiger partial charge < -0.3 is 5.11 Å². The van der Waals surface area contributed by atoms with Gasteiger partial charge in [0, 0.05) is 13.1 Å². The number of hydrogen-bond acceptors (Lipinski definition) is 2. The van der Waals surface area contributed by atoms with Crippen molar-refractivity contribution in [1.29, 1.82) is 0 Å². The molecule has 0 atom stereocenters. The van der Waals surface area contributed by atoms with Gasteiger partial charge in [-0.3, -0.25) is 9.13 Å². The molecule has 1 N–H and O–H groups in total. The van der Waals surface area contributed by atoms with Gasteiger partial charge in [0.05, 0.1) is 16.6 Å². The third-order valence-corrected chi connectivity index (χ3v) is 2.85. The predicted molar refractivity (Wildman–Crippen MR) is 64.5 cm³/mol. The number of fused-ring (bicyclic) bond motifs is 1. The summed E-state index contributed by atoms with van der Waals surface area (Å²) < 4.78 is 3.13. The molecule has 0 aliphatic rings. The maximum Gasteiger partial charge on any atom is 0.335 e. The molecule has 0 fully saturated rings. The van der Waals surface area contributed by atoms with Crippen molar-refractivity contribution in [2.24, 2.45) is 7.05 Å². The van der Waals surface area contributed by atoms with Gasteiger partial charge in [-0.2, -0.15) is 0 Å². The molecular formula is C12H14N2O3. The zero-order valence-electron chi connectivity index (χ0n) is 9.97. The van der Waals surface area contributed by atoms with Crippen LogP contribution in [0.4, 0.5) is 0 Å². The molecule has 0 saturated carbocycles. The van der Waals surface area contributed by atoms with E-state index in [2.05, 4.69) is 0 Å². The molecule has 2 aromatic rings. The fourth-order valence-corrected chi connectivity index (χ4v) is 2.00. The van der Waals surface area contributed by atoms with Gasteiger partial charge in [-0.1, -0.05) is 0 Å². The zero-order valence-corrected chi connectivity index (χ0v) is 9.97. The van der Waals surface area contributed by atoms with Crippen molar-refractivity contribution >= 4 is 17.0 Å². The minimum absolute atomic E-state index is 0.00440. The molecule has 1 heterocycles. The molecule has 1 aromatic heterocycles. The number of nitrogens with zero attached hydrogens (tertiary/aromatic N) is 2. The highest BCUT2D eigenvalue weighted by Gasteiger charge is 2.14. The van der Waals surface area contributed by atoms with Crippen molar-refractivity contribution in [3.05, 3.63) is 34.2 Å². The number of carbonyl (C=O) groups is 1. The van der Waals surface area contributed by atoms with Crippen LogP contribution in [-0.2, 0) is 7.05 Å². The molecule has 0 spiro atoms. The smallest absolute Gasteiger partial charge is 0.335 e. The second-order valence-corrected chi connectivity index (χ2v) is 4.31. The van der Waals surface area contributed by atoms with Gasteiger partial charge in [-0.15, -0.1) is 0 Å². The van der Waals surface area contributed by atoms with Crippen LogP contribution < -0.4 is 5.69 Å². The summed E-state index contributed by atoms with van der Waals surface area (Å²) in [5.74, 6) is -0.987. The fraction of sp³-hybridized carbons (Fsp3) is 0.333. The number of carboxylic acids is 1. The summed E-state index contributed by atoms with van der Waals surface area (Å²) in [4.78, 5) is 22.9. The lowest BCUT2D eigenvalue weighted by Gasteiger charge is -2.06. The van der Waals surface area contributed by atoms with E-state index in [-0.39, 0.29) is 17.3 Å². The standard InChI is InChI=1S/C12H14N2O3/c1-7(2)14-10-6-8(11(15)16)4-5-9(10)13(3)12(14)17/h4-7H,1-3H3,(H,15,16). The first-order chi connectivity index (χ1) is 7.93. The summed E-state index contributed by atoms with van der Waals surface area (Å²) in [6, 6.07) is 4.71. The third-order valence-electron chi connectivity index (χ3n) is 2.85. The van der Waals surface area contributed by atoms with Crippen LogP contribution in [-0.4, -0.2) is 20.2 Å². The molecule has 0 aliphatic carbocycles. The molecule has 0 aliphatic heterocycles. The van der Waals surface area contributed by atoms with Gasteiger partial charge in [0.2, 0.25) is 0 Å². The van der Waals surface area contributed by atoms with E-state index in [0.29, 0.717) is 5.52 Å². The molecule has 1 aromatic carbocycles. The van der Waals surface area contributed by atoms with E-state index in [9.17, 15) is 9.59 Å². The Morgan fingerprint density at radius 2 is 1.94 bits per heavy atom. The van der Waals surface area contributed by atoms with Crippen molar-refractivity contribution in [3.63, 3.8) is 0 Å². The van der Waals surface area contributed by atoms with Crippen LogP contribution in [0.25, 0.3) is 11.0 Å². The normalized spacial score (nSPS) is 11.3. The SMILES string of the molecule is CC(C)n1c(=O)n(C)c2ccc(C(=O)O)cc21. The first-order valence-corrected chi connectivity index (χ1v) is 5.37. The Hall–Kier alpha value is -2.04. The van der Waals surface area contributed by atoms with Gasteiger partial charge in [0.25, 0.3) is 0 Å². The Kier molecular flexibility index (Phi) is 2.53.